The molecular formula is C22H23N3O4. The third kappa shape index (κ3) is 3.33. The monoisotopic (exact) mass is 393 g/mol. The van der Waals surface area contributed by atoms with Crippen LogP contribution in [-0.4, -0.2) is 41.1 Å². The molecule has 3 aromatic rings. The molecule has 7 heteroatoms. The van der Waals surface area contributed by atoms with Crippen LogP contribution in [0.3, 0.4) is 0 Å². The minimum Gasteiger partial charge on any atom is -0.493 e. The number of para-hydroxylation sites is 1. The number of benzene rings is 2. The zero-order valence-electron chi connectivity index (χ0n) is 16.7. The summed E-state index contributed by atoms with van der Waals surface area (Å²) in [5.41, 5.74) is 2.59. The third-order valence-corrected chi connectivity index (χ3v) is 5.49. The van der Waals surface area contributed by atoms with Crippen molar-refractivity contribution in [1.82, 2.24) is 14.5 Å². The van der Waals surface area contributed by atoms with Crippen LogP contribution in [0, 0.1) is 0 Å². The van der Waals surface area contributed by atoms with E-state index in [1.54, 1.807) is 44.2 Å². The molecule has 7 nitrogen and oxygen atoms in total. The van der Waals surface area contributed by atoms with E-state index in [0.717, 1.165) is 17.5 Å². The maximum atomic E-state index is 13.2. The standard InChI is InChI=1S/C22H23N3O4/c1-14(25-13-23-18-7-5-4-6-17(18)22(25)27)21(26)24-9-8-15-10-19(28-2)20(29-3)11-16(15)12-24/h4-7,10-11,13-14H,8-9,12H2,1-3H3. The van der Waals surface area contributed by atoms with Crippen molar-refractivity contribution in [2.75, 3.05) is 20.8 Å². The van der Waals surface area contributed by atoms with E-state index in [-0.39, 0.29) is 11.5 Å². The zero-order chi connectivity index (χ0) is 20.5. The molecule has 0 aliphatic carbocycles. The molecule has 1 unspecified atom stereocenters. The Bertz CT molecular complexity index is 1140. The average Bonchev–Trinajstić information content (AvgIpc) is 2.77. The van der Waals surface area contributed by atoms with Crippen molar-refractivity contribution in [3.05, 3.63) is 64.2 Å². The normalized spacial score (nSPS) is 14.4. The molecule has 1 aliphatic rings. The number of carbonyl (C=O) groups is 1. The molecule has 2 aromatic carbocycles. The zero-order valence-corrected chi connectivity index (χ0v) is 16.7. The first-order valence-electron chi connectivity index (χ1n) is 9.52. The van der Waals surface area contributed by atoms with Crippen LogP contribution in [0.5, 0.6) is 11.5 Å². The molecule has 0 bridgehead atoms. The van der Waals surface area contributed by atoms with Gasteiger partial charge in [0.25, 0.3) is 5.56 Å². The molecule has 0 fully saturated rings. The smallest absolute Gasteiger partial charge is 0.261 e. The van der Waals surface area contributed by atoms with E-state index in [4.69, 9.17) is 9.47 Å². The summed E-state index contributed by atoms with van der Waals surface area (Å²) in [6.07, 6.45) is 2.18. The number of hydrogen-bond donors (Lipinski definition) is 0. The Hall–Kier alpha value is -3.35. The maximum Gasteiger partial charge on any atom is 0.261 e. The van der Waals surface area contributed by atoms with Crippen LogP contribution in [0.25, 0.3) is 10.9 Å². The lowest BCUT2D eigenvalue weighted by molar-refractivity contribution is -0.135. The van der Waals surface area contributed by atoms with Crippen molar-refractivity contribution in [3.63, 3.8) is 0 Å². The lowest BCUT2D eigenvalue weighted by atomic mass is 9.98. The molecule has 1 amide bonds. The predicted octanol–water partition coefficient (Wildman–Crippen LogP) is 2.56. The van der Waals surface area contributed by atoms with Crippen molar-refractivity contribution in [2.24, 2.45) is 0 Å². The number of amides is 1. The van der Waals surface area contributed by atoms with Crippen LogP contribution in [0.1, 0.15) is 24.1 Å². The van der Waals surface area contributed by atoms with Gasteiger partial charge < -0.3 is 14.4 Å². The molecule has 0 saturated heterocycles. The van der Waals surface area contributed by atoms with E-state index in [0.29, 0.717) is 35.5 Å². The molecule has 1 aromatic heterocycles. The first kappa shape index (κ1) is 19.0. The topological polar surface area (TPSA) is 73.7 Å². The fourth-order valence-electron chi connectivity index (χ4n) is 3.81. The second-order valence-corrected chi connectivity index (χ2v) is 7.14. The molecular weight excluding hydrogens is 370 g/mol. The molecule has 0 spiro atoms. The van der Waals surface area contributed by atoms with Crippen LogP contribution < -0.4 is 15.0 Å². The minimum absolute atomic E-state index is 0.107. The van der Waals surface area contributed by atoms with E-state index in [2.05, 4.69) is 4.98 Å². The molecule has 1 aliphatic heterocycles. The Balaban J connectivity index is 1.61. The second-order valence-electron chi connectivity index (χ2n) is 7.14. The van der Waals surface area contributed by atoms with E-state index in [1.165, 1.54) is 10.9 Å². The Labute approximate surface area is 168 Å². The summed E-state index contributed by atoms with van der Waals surface area (Å²) in [5.74, 6) is 1.22. The van der Waals surface area contributed by atoms with Crippen molar-refractivity contribution >= 4 is 16.8 Å². The van der Waals surface area contributed by atoms with E-state index < -0.39 is 6.04 Å². The van der Waals surface area contributed by atoms with Gasteiger partial charge in [-0.05, 0) is 48.7 Å². The van der Waals surface area contributed by atoms with Gasteiger partial charge in [0.2, 0.25) is 5.91 Å². The van der Waals surface area contributed by atoms with Crippen LogP contribution in [-0.2, 0) is 17.8 Å². The van der Waals surface area contributed by atoms with Gasteiger partial charge in [0.15, 0.2) is 11.5 Å². The number of ether oxygens (including phenoxy) is 2. The molecule has 1 atom stereocenters. The summed E-state index contributed by atoms with van der Waals surface area (Å²) >= 11 is 0. The van der Waals surface area contributed by atoms with Crippen LogP contribution in [0.2, 0.25) is 0 Å². The Kier molecular flexibility index (Phi) is 4.96. The summed E-state index contributed by atoms with van der Waals surface area (Å²) in [6.45, 7) is 2.79. The highest BCUT2D eigenvalue weighted by Gasteiger charge is 2.27. The fraction of sp³-hybridized carbons (Fsp3) is 0.318. The fourth-order valence-corrected chi connectivity index (χ4v) is 3.81. The molecule has 0 saturated carbocycles. The summed E-state index contributed by atoms with van der Waals surface area (Å²) in [5, 5.41) is 0.510. The minimum atomic E-state index is -0.638. The summed E-state index contributed by atoms with van der Waals surface area (Å²) < 4.78 is 12.2. The van der Waals surface area contributed by atoms with Crippen LogP contribution in [0.4, 0.5) is 0 Å². The van der Waals surface area contributed by atoms with Crippen molar-refractivity contribution < 1.29 is 14.3 Å². The van der Waals surface area contributed by atoms with Gasteiger partial charge >= 0.3 is 0 Å². The number of methoxy groups -OCH3 is 2. The number of rotatable bonds is 4. The van der Waals surface area contributed by atoms with E-state index in [9.17, 15) is 9.59 Å². The Morgan fingerprint density at radius 2 is 1.79 bits per heavy atom. The molecule has 0 N–H and O–H groups in total. The third-order valence-electron chi connectivity index (χ3n) is 5.49. The SMILES string of the molecule is COc1cc2c(cc1OC)CN(C(=O)C(C)n1cnc3ccccc3c1=O)CC2. The maximum absolute atomic E-state index is 13.2. The van der Waals surface area contributed by atoms with Gasteiger partial charge in [0, 0.05) is 13.1 Å². The molecule has 29 heavy (non-hydrogen) atoms. The van der Waals surface area contributed by atoms with Crippen molar-refractivity contribution in [1.29, 1.82) is 0 Å². The first-order chi connectivity index (χ1) is 14.0. The second kappa shape index (κ2) is 7.58. The van der Waals surface area contributed by atoms with Crippen molar-refractivity contribution in [3.8, 4) is 11.5 Å². The summed E-state index contributed by atoms with van der Waals surface area (Å²) in [7, 11) is 3.21. The number of fused-ring (bicyclic) bond motifs is 2. The highest BCUT2D eigenvalue weighted by molar-refractivity contribution is 5.82. The van der Waals surface area contributed by atoms with Gasteiger partial charge in [0.05, 0.1) is 31.4 Å². The Morgan fingerprint density at radius 1 is 1.10 bits per heavy atom. The number of hydrogen-bond acceptors (Lipinski definition) is 5. The van der Waals surface area contributed by atoms with Crippen molar-refractivity contribution in [2.45, 2.75) is 25.9 Å². The number of aromatic nitrogens is 2. The predicted molar refractivity (Wildman–Crippen MR) is 109 cm³/mol. The van der Waals surface area contributed by atoms with Crippen LogP contribution in [0.15, 0.2) is 47.5 Å². The highest BCUT2D eigenvalue weighted by atomic mass is 16.5. The molecule has 2 heterocycles. The van der Waals surface area contributed by atoms with Gasteiger partial charge in [-0.3, -0.25) is 14.2 Å². The van der Waals surface area contributed by atoms with Gasteiger partial charge in [0.1, 0.15) is 6.04 Å². The van der Waals surface area contributed by atoms with Gasteiger partial charge in [-0.25, -0.2) is 4.98 Å². The molecule has 150 valence electrons. The summed E-state index contributed by atoms with van der Waals surface area (Å²) in [6, 6.07) is 10.4. The number of carbonyl (C=O) groups excluding carboxylic acids is 1. The van der Waals surface area contributed by atoms with Gasteiger partial charge in [-0.2, -0.15) is 0 Å². The first-order valence-corrected chi connectivity index (χ1v) is 9.52. The van der Waals surface area contributed by atoms with E-state index >= 15 is 0 Å². The number of nitrogens with zero attached hydrogens (tertiary/aromatic N) is 3. The highest BCUT2D eigenvalue weighted by Crippen LogP contribution is 2.33. The lowest BCUT2D eigenvalue weighted by Crippen LogP contribution is -2.42. The van der Waals surface area contributed by atoms with Gasteiger partial charge in [-0.1, -0.05) is 12.1 Å². The lowest BCUT2D eigenvalue weighted by Gasteiger charge is -2.32. The Morgan fingerprint density at radius 3 is 2.52 bits per heavy atom. The summed E-state index contributed by atoms with van der Waals surface area (Å²) in [4.78, 5) is 32.1. The largest absolute Gasteiger partial charge is 0.493 e. The molecule has 4 rings (SSSR count). The van der Waals surface area contributed by atoms with Crippen LogP contribution >= 0.6 is 0 Å². The van der Waals surface area contributed by atoms with Gasteiger partial charge in [-0.15, -0.1) is 0 Å². The van der Waals surface area contributed by atoms with E-state index in [1.807, 2.05) is 18.2 Å². The molecule has 0 radical (unpaired) electrons. The average molecular weight is 393 g/mol. The quantitative estimate of drug-likeness (QED) is 0.681.